The summed E-state index contributed by atoms with van der Waals surface area (Å²) in [7, 11) is 0. The quantitative estimate of drug-likeness (QED) is 0.701. The Kier molecular flexibility index (Phi) is 5.49. The standard InChI is InChI=1S/C20H19ClN4O/c1-13-7-3-6-10-17(13)25-19-11-18(23-14(2)24-19)20(26)22-12-15-8-4-5-9-16(15)21/h3-11H,12H2,1-2H3,(H,22,26)(H,23,24,25). The molecule has 0 saturated carbocycles. The first-order valence-corrected chi connectivity index (χ1v) is 8.60. The van der Waals surface area contributed by atoms with Gasteiger partial charge in [0.15, 0.2) is 0 Å². The Balaban J connectivity index is 1.75. The summed E-state index contributed by atoms with van der Waals surface area (Å²) in [5.41, 5.74) is 3.19. The van der Waals surface area contributed by atoms with Gasteiger partial charge in [0.2, 0.25) is 0 Å². The summed E-state index contributed by atoms with van der Waals surface area (Å²) in [6.07, 6.45) is 0. The van der Waals surface area contributed by atoms with E-state index >= 15 is 0 Å². The Morgan fingerprint density at radius 3 is 2.54 bits per heavy atom. The number of hydrogen-bond acceptors (Lipinski definition) is 4. The van der Waals surface area contributed by atoms with E-state index in [1.165, 1.54) is 0 Å². The minimum atomic E-state index is -0.275. The molecule has 0 bridgehead atoms. The number of benzene rings is 2. The van der Waals surface area contributed by atoms with Gasteiger partial charge in [-0.1, -0.05) is 48.0 Å². The number of aromatic nitrogens is 2. The van der Waals surface area contributed by atoms with Crippen LogP contribution < -0.4 is 10.6 Å². The molecule has 0 spiro atoms. The lowest BCUT2D eigenvalue weighted by Gasteiger charge is -2.11. The second kappa shape index (κ2) is 7.97. The summed E-state index contributed by atoms with van der Waals surface area (Å²) < 4.78 is 0. The molecule has 3 aromatic rings. The smallest absolute Gasteiger partial charge is 0.270 e. The van der Waals surface area contributed by atoms with Crippen molar-refractivity contribution in [3.63, 3.8) is 0 Å². The number of anilines is 2. The molecule has 132 valence electrons. The molecule has 0 aliphatic carbocycles. The third-order valence-corrected chi connectivity index (χ3v) is 4.24. The van der Waals surface area contributed by atoms with Crippen molar-refractivity contribution < 1.29 is 4.79 Å². The molecule has 1 amide bonds. The van der Waals surface area contributed by atoms with E-state index in [1.54, 1.807) is 19.1 Å². The van der Waals surface area contributed by atoms with Gasteiger partial charge in [-0.15, -0.1) is 0 Å². The zero-order chi connectivity index (χ0) is 18.5. The molecule has 2 aromatic carbocycles. The first-order chi connectivity index (χ1) is 12.5. The predicted octanol–water partition coefficient (Wildman–Crippen LogP) is 4.42. The highest BCUT2D eigenvalue weighted by Crippen LogP contribution is 2.19. The number of hydrogen-bond donors (Lipinski definition) is 2. The number of halogens is 1. The van der Waals surface area contributed by atoms with Gasteiger partial charge in [0.1, 0.15) is 17.3 Å². The van der Waals surface area contributed by atoms with Crippen molar-refractivity contribution in [3.05, 3.63) is 82.3 Å². The predicted molar refractivity (Wildman–Crippen MR) is 104 cm³/mol. The fourth-order valence-electron chi connectivity index (χ4n) is 2.51. The molecule has 1 aromatic heterocycles. The fourth-order valence-corrected chi connectivity index (χ4v) is 2.71. The minimum absolute atomic E-state index is 0.275. The second-order valence-corrected chi connectivity index (χ2v) is 6.31. The number of nitrogens with one attached hydrogen (secondary N) is 2. The van der Waals surface area contributed by atoms with Crippen LogP contribution in [0.15, 0.2) is 54.6 Å². The van der Waals surface area contributed by atoms with Gasteiger partial charge in [0.25, 0.3) is 5.91 Å². The zero-order valence-electron chi connectivity index (χ0n) is 14.6. The molecule has 0 fully saturated rings. The lowest BCUT2D eigenvalue weighted by Crippen LogP contribution is -2.24. The number of carbonyl (C=O) groups is 1. The lowest BCUT2D eigenvalue weighted by atomic mass is 10.2. The molecule has 26 heavy (non-hydrogen) atoms. The monoisotopic (exact) mass is 366 g/mol. The van der Waals surface area contributed by atoms with E-state index in [9.17, 15) is 4.79 Å². The first-order valence-electron chi connectivity index (χ1n) is 8.23. The highest BCUT2D eigenvalue weighted by atomic mass is 35.5. The molecule has 0 atom stereocenters. The van der Waals surface area contributed by atoms with Crippen molar-refractivity contribution in [2.24, 2.45) is 0 Å². The summed E-state index contributed by atoms with van der Waals surface area (Å²) in [6, 6.07) is 16.9. The average Bonchev–Trinajstić information content (AvgIpc) is 2.62. The van der Waals surface area contributed by atoms with E-state index in [4.69, 9.17) is 11.6 Å². The number of para-hydroxylation sites is 1. The summed E-state index contributed by atoms with van der Waals surface area (Å²) >= 11 is 6.12. The lowest BCUT2D eigenvalue weighted by molar-refractivity contribution is 0.0945. The number of aryl methyl sites for hydroxylation is 2. The van der Waals surface area contributed by atoms with Crippen LogP contribution in [-0.2, 0) is 6.54 Å². The molecule has 5 nitrogen and oxygen atoms in total. The van der Waals surface area contributed by atoms with E-state index in [2.05, 4.69) is 20.6 Å². The van der Waals surface area contributed by atoms with E-state index in [1.807, 2.05) is 49.4 Å². The van der Waals surface area contributed by atoms with Crippen LogP contribution in [0.2, 0.25) is 5.02 Å². The molecule has 0 saturated heterocycles. The molecule has 0 aliphatic rings. The Hall–Kier alpha value is -2.92. The Morgan fingerprint density at radius 1 is 1.04 bits per heavy atom. The maximum Gasteiger partial charge on any atom is 0.270 e. The van der Waals surface area contributed by atoms with Gasteiger partial charge < -0.3 is 10.6 Å². The SMILES string of the molecule is Cc1nc(Nc2ccccc2C)cc(C(=O)NCc2ccccc2Cl)n1. The van der Waals surface area contributed by atoms with Crippen LogP contribution in [0.25, 0.3) is 0 Å². The molecular formula is C20H19ClN4O. The van der Waals surface area contributed by atoms with Gasteiger partial charge in [0, 0.05) is 23.3 Å². The van der Waals surface area contributed by atoms with E-state index in [-0.39, 0.29) is 5.91 Å². The number of nitrogens with zero attached hydrogens (tertiary/aromatic N) is 2. The zero-order valence-corrected chi connectivity index (χ0v) is 15.3. The van der Waals surface area contributed by atoms with Crippen LogP contribution in [0.1, 0.15) is 27.4 Å². The average molecular weight is 367 g/mol. The van der Waals surface area contributed by atoms with Gasteiger partial charge in [-0.3, -0.25) is 4.79 Å². The van der Waals surface area contributed by atoms with Crippen LogP contribution in [0, 0.1) is 13.8 Å². The number of amides is 1. The maximum atomic E-state index is 12.5. The fraction of sp³-hybridized carbons (Fsp3) is 0.150. The Bertz CT molecular complexity index is 943. The highest BCUT2D eigenvalue weighted by molar-refractivity contribution is 6.31. The number of carbonyl (C=O) groups excluding carboxylic acids is 1. The van der Waals surface area contributed by atoms with Crippen molar-refractivity contribution >= 4 is 29.0 Å². The molecule has 2 N–H and O–H groups in total. The van der Waals surface area contributed by atoms with Crippen molar-refractivity contribution in [1.82, 2.24) is 15.3 Å². The van der Waals surface area contributed by atoms with Gasteiger partial charge in [-0.05, 0) is 37.1 Å². The Labute approximate surface area is 157 Å². The molecule has 0 aliphatic heterocycles. The topological polar surface area (TPSA) is 66.9 Å². The molecule has 0 unspecified atom stereocenters. The number of rotatable bonds is 5. The molecule has 1 heterocycles. The van der Waals surface area contributed by atoms with Crippen molar-refractivity contribution in [2.75, 3.05) is 5.32 Å². The van der Waals surface area contributed by atoms with Crippen molar-refractivity contribution in [1.29, 1.82) is 0 Å². The maximum absolute atomic E-state index is 12.5. The van der Waals surface area contributed by atoms with Gasteiger partial charge >= 0.3 is 0 Å². The van der Waals surface area contributed by atoms with Crippen molar-refractivity contribution in [3.8, 4) is 0 Å². The molecule has 6 heteroatoms. The highest BCUT2D eigenvalue weighted by Gasteiger charge is 2.11. The normalized spacial score (nSPS) is 10.4. The van der Waals surface area contributed by atoms with Crippen LogP contribution in [0.5, 0.6) is 0 Å². The van der Waals surface area contributed by atoms with Crippen LogP contribution in [0.3, 0.4) is 0 Å². The van der Waals surface area contributed by atoms with Crippen LogP contribution in [0.4, 0.5) is 11.5 Å². The summed E-state index contributed by atoms with van der Waals surface area (Å²) in [6.45, 7) is 4.10. The third kappa shape index (κ3) is 4.37. The van der Waals surface area contributed by atoms with Gasteiger partial charge in [-0.25, -0.2) is 9.97 Å². The van der Waals surface area contributed by atoms with Gasteiger partial charge in [0.05, 0.1) is 0 Å². The van der Waals surface area contributed by atoms with Crippen LogP contribution in [-0.4, -0.2) is 15.9 Å². The Morgan fingerprint density at radius 2 is 1.77 bits per heavy atom. The largest absolute Gasteiger partial charge is 0.347 e. The third-order valence-electron chi connectivity index (χ3n) is 3.88. The van der Waals surface area contributed by atoms with E-state index < -0.39 is 0 Å². The first kappa shape index (κ1) is 17.9. The second-order valence-electron chi connectivity index (χ2n) is 5.90. The minimum Gasteiger partial charge on any atom is -0.347 e. The summed E-state index contributed by atoms with van der Waals surface area (Å²) in [4.78, 5) is 21.1. The van der Waals surface area contributed by atoms with Gasteiger partial charge in [-0.2, -0.15) is 0 Å². The van der Waals surface area contributed by atoms with Crippen LogP contribution >= 0.6 is 11.6 Å². The van der Waals surface area contributed by atoms with E-state index in [0.29, 0.717) is 28.9 Å². The molecule has 0 radical (unpaired) electrons. The molecular weight excluding hydrogens is 348 g/mol. The van der Waals surface area contributed by atoms with E-state index in [0.717, 1.165) is 16.8 Å². The summed E-state index contributed by atoms with van der Waals surface area (Å²) in [5, 5.41) is 6.70. The summed E-state index contributed by atoms with van der Waals surface area (Å²) in [5.74, 6) is 0.824. The van der Waals surface area contributed by atoms with Crippen molar-refractivity contribution in [2.45, 2.75) is 20.4 Å². The molecule has 3 rings (SSSR count).